The van der Waals surface area contributed by atoms with E-state index in [2.05, 4.69) is 5.32 Å². The minimum atomic E-state index is -0.0768. The highest BCUT2D eigenvalue weighted by atomic mass is 16.2. The number of Topliss-reactive ketones (excluding diaryl/α,β-unsaturated/α-hetero) is 1. The summed E-state index contributed by atoms with van der Waals surface area (Å²) in [4.78, 5) is 25.1. The number of likely N-dealkylation sites (tertiary alicyclic amines) is 1. The van der Waals surface area contributed by atoms with Gasteiger partial charge in [0, 0.05) is 30.0 Å². The van der Waals surface area contributed by atoms with Crippen molar-refractivity contribution in [2.75, 3.05) is 30.7 Å². The number of hydrogen-bond acceptors (Lipinski definition) is 4. The number of benzene rings is 1. The standard InChI is InChI=1S/C14H19N3O2/c1-10(18)12-8-11(4-5-13(12)15)16-9-14(19)17-6-2-3-7-17/h4-5,8,16H,2-3,6-7,9,15H2,1H3. The summed E-state index contributed by atoms with van der Waals surface area (Å²) in [6.45, 7) is 3.42. The summed E-state index contributed by atoms with van der Waals surface area (Å²) >= 11 is 0. The first-order valence-corrected chi connectivity index (χ1v) is 6.50. The first-order chi connectivity index (χ1) is 9.08. The molecule has 1 amide bonds. The maximum absolute atomic E-state index is 11.9. The van der Waals surface area contributed by atoms with Gasteiger partial charge in [-0.25, -0.2) is 0 Å². The summed E-state index contributed by atoms with van der Waals surface area (Å²) in [6.07, 6.45) is 2.17. The lowest BCUT2D eigenvalue weighted by Crippen LogP contribution is -2.33. The van der Waals surface area contributed by atoms with E-state index < -0.39 is 0 Å². The quantitative estimate of drug-likeness (QED) is 0.636. The zero-order chi connectivity index (χ0) is 13.8. The van der Waals surface area contributed by atoms with E-state index >= 15 is 0 Å². The van der Waals surface area contributed by atoms with Gasteiger partial charge >= 0.3 is 0 Å². The van der Waals surface area contributed by atoms with Crippen LogP contribution in [0.25, 0.3) is 0 Å². The molecule has 1 fully saturated rings. The summed E-state index contributed by atoms with van der Waals surface area (Å²) in [5.74, 6) is 0.0192. The van der Waals surface area contributed by atoms with Crippen molar-refractivity contribution in [3.8, 4) is 0 Å². The first-order valence-electron chi connectivity index (χ1n) is 6.50. The van der Waals surface area contributed by atoms with Gasteiger partial charge < -0.3 is 16.0 Å². The van der Waals surface area contributed by atoms with E-state index in [1.807, 2.05) is 4.90 Å². The van der Waals surface area contributed by atoms with Crippen LogP contribution < -0.4 is 11.1 Å². The van der Waals surface area contributed by atoms with Crippen LogP contribution in [0.3, 0.4) is 0 Å². The van der Waals surface area contributed by atoms with Crippen LogP contribution in [0.2, 0.25) is 0 Å². The van der Waals surface area contributed by atoms with Crippen molar-refractivity contribution in [2.24, 2.45) is 0 Å². The lowest BCUT2D eigenvalue weighted by atomic mass is 10.1. The van der Waals surface area contributed by atoms with E-state index in [0.29, 0.717) is 11.3 Å². The Labute approximate surface area is 112 Å². The fourth-order valence-corrected chi connectivity index (χ4v) is 2.23. The highest BCUT2D eigenvalue weighted by Crippen LogP contribution is 2.18. The summed E-state index contributed by atoms with van der Waals surface area (Å²) in [6, 6.07) is 5.15. The first kappa shape index (κ1) is 13.4. The number of carbonyl (C=O) groups is 2. The van der Waals surface area contributed by atoms with Crippen molar-refractivity contribution in [2.45, 2.75) is 19.8 Å². The summed E-state index contributed by atoms with van der Waals surface area (Å²) in [5, 5.41) is 3.04. The Kier molecular flexibility index (Phi) is 4.04. The molecule has 19 heavy (non-hydrogen) atoms. The van der Waals surface area contributed by atoms with Gasteiger partial charge in [-0.15, -0.1) is 0 Å². The number of nitrogen functional groups attached to an aromatic ring is 1. The number of amides is 1. The van der Waals surface area contributed by atoms with Crippen LogP contribution in [0.5, 0.6) is 0 Å². The predicted octanol–water partition coefficient (Wildman–Crippen LogP) is 1.51. The molecule has 1 heterocycles. The van der Waals surface area contributed by atoms with Crippen molar-refractivity contribution < 1.29 is 9.59 Å². The molecule has 1 aliphatic heterocycles. The van der Waals surface area contributed by atoms with Gasteiger partial charge in [0.15, 0.2) is 5.78 Å². The van der Waals surface area contributed by atoms with Crippen LogP contribution in [0, 0.1) is 0 Å². The van der Waals surface area contributed by atoms with Gasteiger partial charge in [0.2, 0.25) is 5.91 Å². The third-order valence-electron chi connectivity index (χ3n) is 3.34. The van der Waals surface area contributed by atoms with E-state index in [1.165, 1.54) is 6.92 Å². The van der Waals surface area contributed by atoms with Crippen LogP contribution in [-0.4, -0.2) is 36.2 Å². The summed E-state index contributed by atoms with van der Waals surface area (Å²) in [5.41, 5.74) is 7.41. The predicted molar refractivity (Wildman–Crippen MR) is 75.2 cm³/mol. The van der Waals surface area contributed by atoms with E-state index in [4.69, 9.17) is 5.73 Å². The molecule has 0 spiro atoms. The third-order valence-corrected chi connectivity index (χ3v) is 3.34. The molecule has 2 rings (SSSR count). The van der Waals surface area contributed by atoms with Crippen molar-refractivity contribution in [1.82, 2.24) is 4.90 Å². The highest BCUT2D eigenvalue weighted by Gasteiger charge is 2.17. The number of rotatable bonds is 4. The maximum atomic E-state index is 11.9. The van der Waals surface area contributed by atoms with Crippen LogP contribution in [-0.2, 0) is 4.79 Å². The molecule has 0 aromatic heterocycles. The normalized spacial score (nSPS) is 14.5. The number of nitrogens with one attached hydrogen (secondary N) is 1. The van der Waals surface area contributed by atoms with Crippen LogP contribution in [0.1, 0.15) is 30.1 Å². The van der Waals surface area contributed by atoms with Crippen LogP contribution in [0.15, 0.2) is 18.2 Å². The highest BCUT2D eigenvalue weighted by molar-refractivity contribution is 6.00. The second-order valence-corrected chi connectivity index (χ2v) is 4.80. The van der Waals surface area contributed by atoms with Gasteiger partial charge in [-0.1, -0.05) is 0 Å². The third kappa shape index (κ3) is 3.24. The smallest absolute Gasteiger partial charge is 0.241 e. The minimum absolute atomic E-state index is 0.0768. The second kappa shape index (κ2) is 5.73. The summed E-state index contributed by atoms with van der Waals surface area (Å²) < 4.78 is 0. The molecule has 0 aliphatic carbocycles. The van der Waals surface area contributed by atoms with E-state index in [1.54, 1.807) is 18.2 Å². The minimum Gasteiger partial charge on any atom is -0.398 e. The fraction of sp³-hybridized carbons (Fsp3) is 0.429. The van der Waals surface area contributed by atoms with Crippen molar-refractivity contribution in [1.29, 1.82) is 0 Å². The molecule has 1 aromatic rings. The topological polar surface area (TPSA) is 75.4 Å². The van der Waals surface area contributed by atoms with Gasteiger partial charge in [0.1, 0.15) is 0 Å². The second-order valence-electron chi connectivity index (χ2n) is 4.80. The van der Waals surface area contributed by atoms with Crippen molar-refractivity contribution >= 4 is 23.1 Å². The van der Waals surface area contributed by atoms with E-state index in [-0.39, 0.29) is 18.2 Å². The Balaban J connectivity index is 1.97. The maximum Gasteiger partial charge on any atom is 0.241 e. The van der Waals surface area contributed by atoms with Crippen molar-refractivity contribution in [3.05, 3.63) is 23.8 Å². The zero-order valence-electron chi connectivity index (χ0n) is 11.1. The molecule has 0 unspecified atom stereocenters. The molecule has 0 bridgehead atoms. The largest absolute Gasteiger partial charge is 0.398 e. The molecule has 0 atom stereocenters. The average molecular weight is 261 g/mol. The Morgan fingerprint density at radius 1 is 1.32 bits per heavy atom. The Morgan fingerprint density at radius 3 is 2.63 bits per heavy atom. The fourth-order valence-electron chi connectivity index (χ4n) is 2.23. The van der Waals surface area contributed by atoms with Gasteiger partial charge in [-0.3, -0.25) is 9.59 Å². The Morgan fingerprint density at radius 2 is 2.00 bits per heavy atom. The molecule has 1 aliphatic rings. The van der Waals surface area contributed by atoms with Crippen LogP contribution in [0.4, 0.5) is 11.4 Å². The van der Waals surface area contributed by atoms with Gasteiger partial charge in [0.05, 0.1) is 6.54 Å². The zero-order valence-corrected chi connectivity index (χ0v) is 11.1. The number of carbonyl (C=O) groups excluding carboxylic acids is 2. The van der Waals surface area contributed by atoms with Crippen molar-refractivity contribution in [3.63, 3.8) is 0 Å². The molecule has 0 saturated carbocycles. The number of ketones is 1. The SMILES string of the molecule is CC(=O)c1cc(NCC(=O)N2CCCC2)ccc1N. The molecule has 0 radical (unpaired) electrons. The number of nitrogens with two attached hydrogens (primary N) is 1. The molecule has 102 valence electrons. The van der Waals surface area contributed by atoms with Crippen LogP contribution >= 0.6 is 0 Å². The lowest BCUT2D eigenvalue weighted by Gasteiger charge is -2.16. The Bertz CT molecular complexity index is 493. The number of hydrogen-bond donors (Lipinski definition) is 2. The number of anilines is 2. The Hall–Kier alpha value is -2.04. The molecule has 1 aromatic carbocycles. The van der Waals surface area contributed by atoms with E-state index in [0.717, 1.165) is 31.6 Å². The van der Waals surface area contributed by atoms with Gasteiger partial charge in [-0.2, -0.15) is 0 Å². The lowest BCUT2D eigenvalue weighted by molar-refractivity contribution is -0.128. The molecule has 3 N–H and O–H groups in total. The van der Waals surface area contributed by atoms with Gasteiger partial charge in [-0.05, 0) is 38.0 Å². The molecule has 5 heteroatoms. The monoisotopic (exact) mass is 261 g/mol. The van der Waals surface area contributed by atoms with Gasteiger partial charge in [0.25, 0.3) is 0 Å². The van der Waals surface area contributed by atoms with E-state index in [9.17, 15) is 9.59 Å². The number of nitrogens with zero attached hydrogens (tertiary/aromatic N) is 1. The molecule has 1 saturated heterocycles. The molecule has 5 nitrogen and oxygen atoms in total. The average Bonchev–Trinajstić information content (AvgIpc) is 2.91. The molecular formula is C14H19N3O2. The molecular weight excluding hydrogens is 242 g/mol. The summed E-state index contributed by atoms with van der Waals surface area (Å²) in [7, 11) is 0.